The lowest BCUT2D eigenvalue weighted by Gasteiger charge is -2.41. The topological polar surface area (TPSA) is 63.7 Å². The number of carbonyl (C=O) groups excluding carboxylic acids is 1. The molecule has 2 heterocycles. The monoisotopic (exact) mass is 425 g/mol. The highest BCUT2D eigenvalue weighted by atomic mass is 32.2. The van der Waals surface area contributed by atoms with Gasteiger partial charge < -0.3 is 4.74 Å². The normalized spacial score (nSPS) is 33.1. The summed E-state index contributed by atoms with van der Waals surface area (Å²) in [5, 5.41) is 0. The number of ether oxygens (including phenoxy) is 1. The summed E-state index contributed by atoms with van der Waals surface area (Å²) in [6.07, 6.45) is 0.0292. The van der Waals surface area contributed by atoms with E-state index in [1.54, 1.807) is 16.4 Å². The van der Waals surface area contributed by atoms with Crippen LogP contribution in [-0.2, 0) is 30.5 Å². The molecule has 0 radical (unpaired) electrons. The summed E-state index contributed by atoms with van der Waals surface area (Å²) in [5.74, 6) is -0.388. The fourth-order valence-corrected chi connectivity index (χ4v) is 8.58. The second kappa shape index (κ2) is 5.74. The molecule has 30 heavy (non-hydrogen) atoms. The first-order valence-electron chi connectivity index (χ1n) is 10.4. The molecule has 0 amide bonds. The van der Waals surface area contributed by atoms with E-state index >= 15 is 0 Å². The molecule has 0 unspecified atom stereocenters. The van der Waals surface area contributed by atoms with Crippen LogP contribution in [0.1, 0.15) is 57.7 Å². The number of nitrogens with zero attached hydrogens (tertiary/aromatic N) is 1. The van der Waals surface area contributed by atoms with Gasteiger partial charge in [0, 0.05) is 11.5 Å². The van der Waals surface area contributed by atoms with Gasteiger partial charge in [0.2, 0.25) is 10.0 Å². The van der Waals surface area contributed by atoms with Crippen molar-refractivity contribution in [3.63, 3.8) is 0 Å². The fourth-order valence-electron chi connectivity index (χ4n) is 6.26. The van der Waals surface area contributed by atoms with Gasteiger partial charge in [-0.1, -0.05) is 56.3 Å². The minimum Gasteiger partial charge on any atom is -0.460 e. The van der Waals surface area contributed by atoms with E-state index in [9.17, 15) is 13.2 Å². The number of benzene rings is 2. The number of sulfonamides is 1. The van der Waals surface area contributed by atoms with Crippen molar-refractivity contribution in [2.45, 2.75) is 68.5 Å². The zero-order chi connectivity index (χ0) is 21.7. The van der Waals surface area contributed by atoms with Crippen LogP contribution in [-0.4, -0.2) is 30.3 Å². The van der Waals surface area contributed by atoms with Crippen LogP contribution in [0.3, 0.4) is 0 Å². The Balaban J connectivity index is 1.77. The summed E-state index contributed by atoms with van der Waals surface area (Å²) in [6.45, 7) is 9.72. The zero-order valence-electron chi connectivity index (χ0n) is 18.0. The van der Waals surface area contributed by atoms with Gasteiger partial charge in [0.1, 0.15) is 5.60 Å². The van der Waals surface area contributed by atoms with Crippen molar-refractivity contribution in [1.82, 2.24) is 4.31 Å². The second-order valence-electron chi connectivity index (χ2n) is 9.92. The molecule has 1 aliphatic carbocycles. The van der Waals surface area contributed by atoms with E-state index < -0.39 is 32.6 Å². The molecule has 5 rings (SSSR count). The predicted octanol–water partition coefficient (Wildman–Crippen LogP) is 3.96. The van der Waals surface area contributed by atoms with Crippen molar-refractivity contribution >= 4 is 16.0 Å². The minimum absolute atomic E-state index is 0.0201. The van der Waals surface area contributed by atoms with Gasteiger partial charge in [-0.3, -0.25) is 4.79 Å². The summed E-state index contributed by atoms with van der Waals surface area (Å²) in [7, 11) is -3.75. The molecule has 158 valence electrons. The van der Waals surface area contributed by atoms with Crippen LogP contribution in [0.15, 0.2) is 53.4 Å². The molecule has 2 aromatic carbocycles. The molecular weight excluding hydrogens is 398 g/mol. The Morgan fingerprint density at radius 3 is 2.23 bits per heavy atom. The average Bonchev–Trinajstić information content (AvgIpc) is 3.09. The Kier molecular flexibility index (Phi) is 3.78. The number of fused-ring (bicyclic) bond motifs is 4. The van der Waals surface area contributed by atoms with Gasteiger partial charge in [-0.15, -0.1) is 0 Å². The SMILES string of the molecule is C[C@H]1[C@@]2(C)c3ccccc3[C@@]13c1ccccc1S(=O)(=O)N3[C@@H]2CC(=O)OC(C)(C)C. The molecule has 1 saturated heterocycles. The molecule has 0 aromatic heterocycles. The molecule has 2 aliphatic heterocycles. The van der Waals surface area contributed by atoms with E-state index in [1.807, 2.05) is 51.1 Å². The highest BCUT2D eigenvalue weighted by Crippen LogP contribution is 2.71. The summed E-state index contributed by atoms with van der Waals surface area (Å²) < 4.78 is 34.8. The van der Waals surface area contributed by atoms with Crippen LogP contribution < -0.4 is 0 Å². The third kappa shape index (κ3) is 2.11. The Hall–Kier alpha value is -2.18. The van der Waals surface area contributed by atoms with Crippen LogP contribution in [0.4, 0.5) is 0 Å². The van der Waals surface area contributed by atoms with Crippen molar-refractivity contribution in [3.05, 3.63) is 65.2 Å². The molecular formula is C24H27NO4S. The maximum Gasteiger partial charge on any atom is 0.307 e. The van der Waals surface area contributed by atoms with Crippen LogP contribution in [0.25, 0.3) is 0 Å². The Morgan fingerprint density at radius 2 is 1.60 bits per heavy atom. The van der Waals surface area contributed by atoms with Gasteiger partial charge in [0.25, 0.3) is 0 Å². The van der Waals surface area contributed by atoms with Crippen LogP contribution in [0.5, 0.6) is 0 Å². The molecule has 2 bridgehead atoms. The van der Waals surface area contributed by atoms with Gasteiger partial charge in [0.05, 0.1) is 16.9 Å². The second-order valence-corrected chi connectivity index (χ2v) is 11.7. The maximum absolute atomic E-state index is 13.8. The van der Waals surface area contributed by atoms with Crippen LogP contribution >= 0.6 is 0 Å². The van der Waals surface area contributed by atoms with Crippen molar-refractivity contribution in [2.24, 2.45) is 5.92 Å². The quantitative estimate of drug-likeness (QED) is 0.684. The molecule has 4 atom stereocenters. The predicted molar refractivity (Wildman–Crippen MR) is 113 cm³/mol. The fraction of sp³-hybridized carbons (Fsp3) is 0.458. The third-order valence-corrected chi connectivity index (χ3v) is 9.35. The lowest BCUT2D eigenvalue weighted by Crippen LogP contribution is -2.51. The highest BCUT2D eigenvalue weighted by Gasteiger charge is 2.76. The molecule has 5 nitrogen and oxygen atoms in total. The van der Waals surface area contributed by atoms with Crippen LogP contribution in [0, 0.1) is 5.92 Å². The highest BCUT2D eigenvalue weighted by molar-refractivity contribution is 7.89. The first-order valence-corrected chi connectivity index (χ1v) is 11.9. The molecule has 3 aliphatic rings. The van der Waals surface area contributed by atoms with E-state index in [2.05, 4.69) is 19.9 Å². The average molecular weight is 426 g/mol. The Labute approximate surface area is 178 Å². The minimum atomic E-state index is -3.75. The molecule has 0 saturated carbocycles. The first-order chi connectivity index (χ1) is 14.0. The van der Waals surface area contributed by atoms with Crippen molar-refractivity contribution in [3.8, 4) is 0 Å². The molecule has 2 aromatic rings. The van der Waals surface area contributed by atoms with Gasteiger partial charge in [-0.2, -0.15) is 4.31 Å². The van der Waals surface area contributed by atoms with Gasteiger partial charge in [-0.05, 0) is 49.4 Å². The zero-order valence-corrected chi connectivity index (χ0v) is 18.8. The molecule has 0 N–H and O–H groups in total. The first kappa shape index (κ1) is 19.8. The standard InChI is InChI=1S/C24H27NO4S/c1-15-23(5)16-10-6-7-11-17(16)24(15)18-12-8-9-13-19(18)30(27,28)25(24)20(23)14-21(26)29-22(2,3)4/h6-13,15,20H,14H2,1-5H3/t15-,20+,23-,24+/m0/s1. The maximum atomic E-state index is 13.8. The largest absolute Gasteiger partial charge is 0.460 e. The summed E-state index contributed by atoms with van der Waals surface area (Å²) in [4.78, 5) is 13.2. The van der Waals surface area contributed by atoms with Gasteiger partial charge in [-0.25, -0.2) is 8.42 Å². The smallest absolute Gasteiger partial charge is 0.307 e. The number of esters is 1. The lowest BCUT2D eigenvalue weighted by atomic mass is 9.71. The van der Waals surface area contributed by atoms with Crippen molar-refractivity contribution in [1.29, 1.82) is 0 Å². The van der Waals surface area contributed by atoms with E-state index in [1.165, 1.54) is 0 Å². The number of rotatable bonds is 2. The van der Waals surface area contributed by atoms with E-state index in [4.69, 9.17) is 4.74 Å². The lowest BCUT2D eigenvalue weighted by molar-refractivity contribution is -0.156. The number of carbonyl (C=O) groups is 1. The number of hydrogen-bond donors (Lipinski definition) is 0. The Bertz CT molecular complexity index is 1180. The van der Waals surface area contributed by atoms with Gasteiger partial charge in [0.15, 0.2) is 0 Å². The molecule has 1 fully saturated rings. The van der Waals surface area contributed by atoms with E-state index in [0.29, 0.717) is 4.90 Å². The summed E-state index contributed by atoms with van der Waals surface area (Å²) in [5.41, 5.74) is 1.09. The Morgan fingerprint density at radius 1 is 1.03 bits per heavy atom. The molecule has 6 heteroatoms. The van der Waals surface area contributed by atoms with E-state index in [0.717, 1.165) is 16.7 Å². The van der Waals surface area contributed by atoms with Crippen molar-refractivity contribution in [2.75, 3.05) is 0 Å². The van der Waals surface area contributed by atoms with Crippen LogP contribution in [0.2, 0.25) is 0 Å². The number of hydrogen-bond acceptors (Lipinski definition) is 4. The molecule has 1 spiro atoms. The summed E-state index contributed by atoms with van der Waals surface area (Å²) in [6, 6.07) is 14.9. The summed E-state index contributed by atoms with van der Waals surface area (Å²) >= 11 is 0. The van der Waals surface area contributed by atoms with E-state index in [-0.39, 0.29) is 18.3 Å². The third-order valence-electron chi connectivity index (χ3n) is 7.38. The van der Waals surface area contributed by atoms with Crippen molar-refractivity contribution < 1.29 is 17.9 Å². The van der Waals surface area contributed by atoms with Gasteiger partial charge >= 0.3 is 5.97 Å².